The molecule has 0 aromatic heterocycles. The van der Waals surface area contributed by atoms with E-state index in [1.807, 2.05) is 54.6 Å². The fraction of sp³-hybridized carbons (Fsp3) is 0.185. The van der Waals surface area contributed by atoms with Crippen LogP contribution in [0.5, 0.6) is 11.5 Å². The first kappa shape index (κ1) is 21.7. The summed E-state index contributed by atoms with van der Waals surface area (Å²) in [4.78, 5) is 30.4. The second-order valence-corrected chi connectivity index (χ2v) is 8.06. The lowest BCUT2D eigenvalue weighted by Gasteiger charge is -2.43. The van der Waals surface area contributed by atoms with Gasteiger partial charge < -0.3 is 19.1 Å². The monoisotopic (exact) mass is 456 g/mol. The number of likely N-dealkylation sites (N-methyl/N-ethyl adjacent to an activating group) is 1. The molecule has 1 atom stereocenters. The number of methoxy groups -OCH3 is 2. The number of carbonyl (C=O) groups is 2. The van der Waals surface area contributed by atoms with Gasteiger partial charge in [-0.3, -0.25) is 14.5 Å². The summed E-state index contributed by atoms with van der Waals surface area (Å²) >= 11 is 0. The molecular formula is C27H24N2O5. The minimum absolute atomic E-state index is 0.216. The zero-order valence-corrected chi connectivity index (χ0v) is 19.1. The van der Waals surface area contributed by atoms with Crippen molar-refractivity contribution in [1.29, 1.82) is 0 Å². The molecule has 7 heteroatoms. The molecule has 0 saturated heterocycles. The number of benzene rings is 3. The van der Waals surface area contributed by atoms with E-state index in [1.54, 1.807) is 44.4 Å². The van der Waals surface area contributed by atoms with Crippen molar-refractivity contribution in [2.45, 2.75) is 12.3 Å². The molecule has 0 fully saturated rings. The molecule has 0 aliphatic carbocycles. The molecule has 0 bridgehead atoms. The van der Waals surface area contributed by atoms with Gasteiger partial charge in [0.15, 0.2) is 11.5 Å². The first-order valence-electron chi connectivity index (χ1n) is 10.8. The predicted molar refractivity (Wildman–Crippen MR) is 129 cm³/mol. The Morgan fingerprint density at radius 1 is 0.971 bits per heavy atom. The Labute approximate surface area is 197 Å². The molecular weight excluding hydrogens is 432 g/mol. The zero-order valence-electron chi connectivity index (χ0n) is 19.1. The summed E-state index contributed by atoms with van der Waals surface area (Å²) in [5.74, 6) is 0.470. The van der Waals surface area contributed by atoms with E-state index in [2.05, 4.69) is 0 Å². The largest absolute Gasteiger partial charge is 0.493 e. The van der Waals surface area contributed by atoms with Gasteiger partial charge in [-0.25, -0.2) is 0 Å². The van der Waals surface area contributed by atoms with Crippen molar-refractivity contribution in [1.82, 2.24) is 0 Å². The van der Waals surface area contributed by atoms with Crippen molar-refractivity contribution < 1.29 is 23.8 Å². The van der Waals surface area contributed by atoms with Crippen LogP contribution in [0.15, 0.2) is 72.8 Å². The van der Waals surface area contributed by atoms with Gasteiger partial charge >= 0.3 is 0 Å². The van der Waals surface area contributed by atoms with E-state index in [9.17, 15) is 9.59 Å². The van der Waals surface area contributed by atoms with Gasteiger partial charge in [-0.2, -0.15) is 0 Å². The average molecular weight is 456 g/mol. The van der Waals surface area contributed by atoms with Crippen LogP contribution in [0.3, 0.4) is 0 Å². The quantitative estimate of drug-likeness (QED) is 0.553. The number of hydrogen-bond donors (Lipinski definition) is 0. The molecule has 3 aromatic carbocycles. The Balaban J connectivity index is 1.61. The summed E-state index contributed by atoms with van der Waals surface area (Å²) in [6.45, 7) is 0.216. The van der Waals surface area contributed by atoms with Crippen molar-refractivity contribution in [2.75, 3.05) is 31.1 Å². The third kappa shape index (κ3) is 3.16. The van der Waals surface area contributed by atoms with E-state index < -0.39 is 5.72 Å². The van der Waals surface area contributed by atoms with Crippen molar-refractivity contribution in [3.63, 3.8) is 0 Å². The first-order chi connectivity index (χ1) is 16.5. The Kier molecular flexibility index (Phi) is 5.34. The maximum absolute atomic E-state index is 13.8. The van der Waals surface area contributed by atoms with Crippen molar-refractivity contribution in [3.8, 4) is 11.5 Å². The van der Waals surface area contributed by atoms with Crippen LogP contribution in [-0.4, -0.2) is 33.1 Å². The summed E-state index contributed by atoms with van der Waals surface area (Å²) in [5.41, 5.74) is 2.02. The fourth-order valence-corrected chi connectivity index (χ4v) is 4.60. The van der Waals surface area contributed by atoms with Gasteiger partial charge in [-0.15, -0.1) is 0 Å². The van der Waals surface area contributed by atoms with Gasteiger partial charge in [0.25, 0.3) is 17.5 Å². The minimum Gasteiger partial charge on any atom is -0.493 e. The van der Waals surface area contributed by atoms with Crippen LogP contribution in [0.25, 0.3) is 6.08 Å². The molecule has 2 aliphatic rings. The molecule has 0 N–H and O–H groups in total. The highest BCUT2D eigenvalue weighted by Crippen LogP contribution is 2.49. The van der Waals surface area contributed by atoms with Crippen LogP contribution in [0.4, 0.5) is 11.4 Å². The summed E-state index contributed by atoms with van der Waals surface area (Å²) in [5, 5.41) is 0. The number of hydrogen-bond acceptors (Lipinski definition) is 5. The SMILES string of the molecule is COc1ccc(/C=C/C(=O)N2c3ccccc3CO[C@@]23C(=O)N(C)c2ccccc23)cc1OC. The molecule has 0 radical (unpaired) electrons. The van der Waals surface area contributed by atoms with Crippen LogP contribution in [0, 0.1) is 0 Å². The summed E-state index contributed by atoms with van der Waals surface area (Å²) in [6.07, 6.45) is 3.13. The van der Waals surface area contributed by atoms with E-state index in [1.165, 1.54) is 11.0 Å². The van der Waals surface area contributed by atoms with Crippen molar-refractivity contribution in [3.05, 3.63) is 89.5 Å². The van der Waals surface area contributed by atoms with E-state index in [-0.39, 0.29) is 18.4 Å². The number of anilines is 2. The molecule has 7 nitrogen and oxygen atoms in total. The van der Waals surface area contributed by atoms with Gasteiger partial charge in [0.05, 0.1) is 32.2 Å². The first-order valence-corrected chi connectivity index (χ1v) is 10.8. The lowest BCUT2D eigenvalue weighted by Crippen LogP contribution is -2.58. The molecule has 0 unspecified atom stereocenters. The third-order valence-electron chi connectivity index (χ3n) is 6.26. The molecule has 2 heterocycles. The fourth-order valence-electron chi connectivity index (χ4n) is 4.60. The Morgan fingerprint density at radius 3 is 2.44 bits per heavy atom. The van der Waals surface area contributed by atoms with Crippen molar-refractivity contribution in [2.24, 2.45) is 0 Å². The number of rotatable bonds is 4. The number of ether oxygens (including phenoxy) is 3. The number of amides is 2. The third-order valence-corrected chi connectivity index (χ3v) is 6.26. The molecule has 34 heavy (non-hydrogen) atoms. The smallest absolute Gasteiger partial charge is 0.285 e. The van der Waals surface area contributed by atoms with Gasteiger partial charge in [0, 0.05) is 24.3 Å². The highest BCUT2D eigenvalue weighted by molar-refractivity contribution is 6.16. The summed E-state index contributed by atoms with van der Waals surface area (Å²) in [7, 11) is 4.82. The van der Waals surface area contributed by atoms with Gasteiger partial charge in [-0.05, 0) is 35.9 Å². The highest BCUT2D eigenvalue weighted by Gasteiger charge is 2.59. The lowest BCUT2D eigenvalue weighted by molar-refractivity contribution is -0.151. The topological polar surface area (TPSA) is 68.3 Å². The number of fused-ring (bicyclic) bond motifs is 3. The van der Waals surface area contributed by atoms with E-state index >= 15 is 0 Å². The number of nitrogens with zero attached hydrogens (tertiary/aromatic N) is 2. The van der Waals surface area contributed by atoms with Gasteiger partial charge in [0.1, 0.15) is 0 Å². The average Bonchev–Trinajstić information content (AvgIpc) is 3.09. The number of carbonyl (C=O) groups excluding carboxylic acids is 2. The minimum atomic E-state index is -1.57. The van der Waals surface area contributed by atoms with Gasteiger partial charge in [0.2, 0.25) is 0 Å². The molecule has 0 saturated carbocycles. The summed E-state index contributed by atoms with van der Waals surface area (Å²) < 4.78 is 16.9. The molecule has 2 amide bonds. The predicted octanol–water partition coefficient (Wildman–Crippen LogP) is 4.11. The van der Waals surface area contributed by atoms with Crippen molar-refractivity contribution >= 4 is 29.3 Å². The maximum atomic E-state index is 13.8. The second-order valence-electron chi connectivity index (χ2n) is 8.06. The molecule has 1 spiro atoms. The van der Waals surface area contributed by atoms with Crippen LogP contribution < -0.4 is 19.3 Å². The Bertz CT molecular complexity index is 1320. The van der Waals surface area contributed by atoms with Crippen LogP contribution in [0.2, 0.25) is 0 Å². The number of para-hydroxylation sites is 2. The highest BCUT2D eigenvalue weighted by atomic mass is 16.5. The van der Waals surface area contributed by atoms with E-state index in [0.29, 0.717) is 28.4 Å². The van der Waals surface area contributed by atoms with E-state index in [4.69, 9.17) is 14.2 Å². The molecule has 3 aromatic rings. The van der Waals surface area contributed by atoms with Crippen LogP contribution >= 0.6 is 0 Å². The van der Waals surface area contributed by atoms with Gasteiger partial charge in [-0.1, -0.05) is 42.5 Å². The Hall–Kier alpha value is -4.10. The lowest BCUT2D eigenvalue weighted by atomic mass is 9.97. The maximum Gasteiger partial charge on any atom is 0.285 e. The standard InChI is InChI=1S/C27H24N2O5/c1-28-22-11-7-5-9-20(22)27(26(28)31)29(21-10-6-4-8-19(21)17-34-27)25(30)15-13-18-12-14-23(32-2)24(16-18)33-3/h4-16H,17H2,1-3H3/b15-13+/t27-/m0/s1. The molecule has 2 aliphatic heterocycles. The Morgan fingerprint density at radius 2 is 1.68 bits per heavy atom. The normalized spacial score (nSPS) is 18.9. The molecule has 172 valence electrons. The molecule has 5 rings (SSSR count). The second kappa shape index (κ2) is 8.35. The van der Waals surface area contributed by atoms with Crippen LogP contribution in [0.1, 0.15) is 16.7 Å². The summed E-state index contributed by atoms with van der Waals surface area (Å²) in [6, 6.07) is 20.3. The zero-order chi connectivity index (χ0) is 23.9. The van der Waals surface area contributed by atoms with E-state index in [0.717, 1.165) is 11.1 Å². The van der Waals surface area contributed by atoms with Crippen LogP contribution in [-0.2, 0) is 26.7 Å².